The predicted octanol–water partition coefficient (Wildman–Crippen LogP) is 3.14. The average Bonchev–Trinajstić information content (AvgIpc) is 2.83. The standard InChI is InChI=1S/C24H29N3O6S/c1-16-15-26(24(29)33-20-9-11-32-12-10-20)23-14-19(7-8-22(23)27(16)17(2)28)18-5-4-6-21(13-18)34(30,31)25-3/h4-8,13-14,16,20,25H,9-12,15H2,1-3H3. The van der Waals surface area contributed by atoms with Gasteiger partial charge >= 0.3 is 6.09 Å². The van der Waals surface area contributed by atoms with E-state index in [-0.39, 0.29) is 29.5 Å². The van der Waals surface area contributed by atoms with Crippen molar-refractivity contribution in [3.63, 3.8) is 0 Å². The Hall–Kier alpha value is -2.95. The molecule has 0 saturated carbocycles. The molecule has 2 heterocycles. The summed E-state index contributed by atoms with van der Waals surface area (Å²) in [5.41, 5.74) is 2.54. The second-order valence-corrected chi connectivity index (χ2v) is 10.4. The van der Waals surface area contributed by atoms with Crippen molar-refractivity contribution in [3.05, 3.63) is 42.5 Å². The van der Waals surface area contributed by atoms with Gasteiger partial charge in [0.05, 0.1) is 35.5 Å². The van der Waals surface area contributed by atoms with Gasteiger partial charge in [0.15, 0.2) is 0 Å². The number of carbonyl (C=O) groups is 2. The number of nitrogens with one attached hydrogen (secondary N) is 1. The molecule has 2 aliphatic heterocycles. The summed E-state index contributed by atoms with van der Waals surface area (Å²) in [6, 6.07) is 11.7. The number of carbonyl (C=O) groups excluding carboxylic acids is 2. The minimum absolute atomic E-state index is 0.124. The van der Waals surface area contributed by atoms with Crippen molar-refractivity contribution < 1.29 is 27.5 Å². The van der Waals surface area contributed by atoms with Crippen molar-refractivity contribution in [1.82, 2.24) is 4.72 Å². The lowest BCUT2D eigenvalue weighted by atomic mass is 10.0. The van der Waals surface area contributed by atoms with E-state index in [1.54, 1.807) is 40.1 Å². The van der Waals surface area contributed by atoms with Gasteiger partial charge < -0.3 is 14.4 Å². The molecule has 0 aliphatic carbocycles. The Morgan fingerprint density at radius 1 is 1.06 bits per heavy atom. The summed E-state index contributed by atoms with van der Waals surface area (Å²) in [4.78, 5) is 29.0. The first-order valence-corrected chi connectivity index (χ1v) is 12.7. The molecule has 1 unspecified atom stereocenters. The van der Waals surface area contributed by atoms with Gasteiger partial charge in [-0.25, -0.2) is 17.9 Å². The van der Waals surface area contributed by atoms with Crippen LogP contribution in [0.2, 0.25) is 0 Å². The summed E-state index contributed by atoms with van der Waals surface area (Å²) in [6.07, 6.45) is 0.618. The molecule has 0 radical (unpaired) electrons. The second kappa shape index (κ2) is 9.73. The summed E-state index contributed by atoms with van der Waals surface area (Å²) >= 11 is 0. The highest BCUT2D eigenvalue weighted by Crippen LogP contribution is 2.39. The molecule has 1 fully saturated rings. The molecule has 0 spiro atoms. The quantitative estimate of drug-likeness (QED) is 0.710. The maximum Gasteiger partial charge on any atom is 0.414 e. The molecule has 1 atom stereocenters. The third-order valence-electron chi connectivity index (χ3n) is 6.16. The van der Waals surface area contributed by atoms with E-state index < -0.39 is 16.1 Å². The first-order chi connectivity index (χ1) is 16.2. The average molecular weight is 488 g/mol. The molecule has 34 heavy (non-hydrogen) atoms. The van der Waals surface area contributed by atoms with Crippen LogP contribution in [-0.4, -0.2) is 59.4 Å². The van der Waals surface area contributed by atoms with Gasteiger partial charge in [0.1, 0.15) is 6.10 Å². The van der Waals surface area contributed by atoms with E-state index in [0.29, 0.717) is 48.6 Å². The Balaban J connectivity index is 1.74. The Bertz CT molecular complexity index is 1190. The van der Waals surface area contributed by atoms with Crippen molar-refractivity contribution in [3.8, 4) is 11.1 Å². The molecule has 0 bridgehead atoms. The van der Waals surface area contributed by atoms with Gasteiger partial charge in [0, 0.05) is 26.3 Å². The van der Waals surface area contributed by atoms with E-state index in [1.807, 2.05) is 13.0 Å². The molecular weight excluding hydrogens is 458 g/mol. The number of ether oxygens (including phenoxy) is 2. The number of anilines is 2. The Kier molecular flexibility index (Phi) is 6.92. The SMILES string of the molecule is CNS(=O)(=O)c1cccc(-c2ccc3c(c2)N(C(=O)OC2CCOCC2)CC(C)N3C(C)=O)c1. The van der Waals surface area contributed by atoms with Crippen LogP contribution in [-0.2, 0) is 24.3 Å². The Morgan fingerprint density at radius 2 is 1.76 bits per heavy atom. The lowest BCUT2D eigenvalue weighted by Crippen LogP contribution is -2.52. The molecule has 2 aromatic rings. The zero-order valence-corrected chi connectivity index (χ0v) is 20.3. The second-order valence-electron chi connectivity index (χ2n) is 8.48. The van der Waals surface area contributed by atoms with Crippen molar-refractivity contribution >= 4 is 33.4 Å². The van der Waals surface area contributed by atoms with E-state index in [2.05, 4.69) is 4.72 Å². The van der Waals surface area contributed by atoms with Crippen LogP contribution in [0.1, 0.15) is 26.7 Å². The zero-order chi connectivity index (χ0) is 24.5. The number of rotatable bonds is 4. The smallest absolute Gasteiger partial charge is 0.414 e. The lowest BCUT2D eigenvalue weighted by molar-refractivity contribution is -0.117. The van der Waals surface area contributed by atoms with Crippen LogP contribution in [0.4, 0.5) is 16.2 Å². The van der Waals surface area contributed by atoms with Crippen LogP contribution in [0.5, 0.6) is 0 Å². The van der Waals surface area contributed by atoms with Gasteiger partial charge in [-0.05, 0) is 49.4 Å². The highest BCUT2D eigenvalue weighted by Gasteiger charge is 2.35. The van der Waals surface area contributed by atoms with Crippen molar-refractivity contribution in [2.75, 3.05) is 36.6 Å². The molecule has 182 valence electrons. The Morgan fingerprint density at radius 3 is 2.44 bits per heavy atom. The van der Waals surface area contributed by atoms with Gasteiger partial charge in [-0.3, -0.25) is 9.69 Å². The molecule has 2 amide bonds. The molecule has 2 aliphatic rings. The number of benzene rings is 2. The van der Waals surface area contributed by atoms with Gasteiger partial charge in [0.25, 0.3) is 0 Å². The third-order valence-corrected chi connectivity index (χ3v) is 7.57. The van der Waals surface area contributed by atoms with Crippen molar-refractivity contribution in [1.29, 1.82) is 0 Å². The summed E-state index contributed by atoms with van der Waals surface area (Å²) < 4.78 is 38.0. The van der Waals surface area contributed by atoms with E-state index in [4.69, 9.17) is 9.47 Å². The molecule has 0 aromatic heterocycles. The van der Waals surface area contributed by atoms with Crippen LogP contribution in [0, 0.1) is 0 Å². The minimum atomic E-state index is -3.61. The zero-order valence-electron chi connectivity index (χ0n) is 19.5. The summed E-state index contributed by atoms with van der Waals surface area (Å²) in [5, 5.41) is 0. The lowest BCUT2D eigenvalue weighted by Gasteiger charge is -2.41. The summed E-state index contributed by atoms with van der Waals surface area (Å²) in [7, 11) is -2.25. The molecular formula is C24H29N3O6S. The monoisotopic (exact) mass is 487 g/mol. The topological polar surface area (TPSA) is 105 Å². The van der Waals surface area contributed by atoms with Crippen LogP contribution < -0.4 is 14.5 Å². The largest absolute Gasteiger partial charge is 0.446 e. The predicted molar refractivity (Wildman–Crippen MR) is 128 cm³/mol. The van der Waals surface area contributed by atoms with Crippen molar-refractivity contribution in [2.24, 2.45) is 0 Å². The number of sulfonamides is 1. The fourth-order valence-electron chi connectivity index (χ4n) is 4.42. The maximum absolute atomic E-state index is 13.2. The van der Waals surface area contributed by atoms with Gasteiger partial charge in [-0.2, -0.15) is 0 Å². The maximum atomic E-state index is 13.2. The molecule has 1 N–H and O–H groups in total. The first-order valence-electron chi connectivity index (χ1n) is 11.2. The fraction of sp³-hybridized carbons (Fsp3) is 0.417. The molecule has 10 heteroatoms. The van der Waals surface area contributed by atoms with E-state index in [0.717, 1.165) is 0 Å². The van der Waals surface area contributed by atoms with Gasteiger partial charge in [0.2, 0.25) is 15.9 Å². The highest BCUT2D eigenvalue weighted by atomic mass is 32.2. The molecule has 9 nitrogen and oxygen atoms in total. The third kappa shape index (κ3) is 4.79. The molecule has 2 aromatic carbocycles. The van der Waals surface area contributed by atoms with E-state index in [9.17, 15) is 18.0 Å². The summed E-state index contributed by atoms with van der Waals surface area (Å²) in [5.74, 6) is -0.124. The fourth-order valence-corrected chi connectivity index (χ4v) is 5.19. The number of hydrogen-bond donors (Lipinski definition) is 1. The highest BCUT2D eigenvalue weighted by molar-refractivity contribution is 7.89. The molecule has 4 rings (SSSR count). The van der Waals surface area contributed by atoms with Gasteiger partial charge in [-0.1, -0.05) is 18.2 Å². The van der Waals surface area contributed by atoms with E-state index in [1.165, 1.54) is 20.0 Å². The number of nitrogens with zero attached hydrogens (tertiary/aromatic N) is 2. The number of amides is 2. The first kappa shape index (κ1) is 24.2. The minimum Gasteiger partial charge on any atom is -0.446 e. The molecule has 1 saturated heterocycles. The van der Waals surface area contributed by atoms with Crippen LogP contribution in [0.15, 0.2) is 47.4 Å². The summed E-state index contributed by atoms with van der Waals surface area (Å²) in [6.45, 7) is 4.78. The Labute approximate surface area is 199 Å². The number of hydrogen-bond acceptors (Lipinski definition) is 6. The van der Waals surface area contributed by atoms with Crippen LogP contribution in [0.3, 0.4) is 0 Å². The van der Waals surface area contributed by atoms with Gasteiger partial charge in [-0.15, -0.1) is 0 Å². The van der Waals surface area contributed by atoms with Crippen LogP contribution >= 0.6 is 0 Å². The number of fused-ring (bicyclic) bond motifs is 1. The van der Waals surface area contributed by atoms with E-state index >= 15 is 0 Å². The normalized spacial score (nSPS) is 19.0. The van der Waals surface area contributed by atoms with Crippen LogP contribution in [0.25, 0.3) is 11.1 Å². The van der Waals surface area contributed by atoms with Crippen molar-refractivity contribution in [2.45, 2.75) is 43.7 Å².